The molecular formula is C27H42N4O4. The third-order valence-electron chi connectivity index (χ3n) is 5.49. The molecular weight excluding hydrogens is 444 g/mol. The van der Waals surface area contributed by atoms with E-state index in [0.29, 0.717) is 12.1 Å². The van der Waals surface area contributed by atoms with E-state index in [1.54, 1.807) is 34.6 Å². The number of amides is 3. The summed E-state index contributed by atoms with van der Waals surface area (Å²) in [5.41, 5.74) is 1.78. The Morgan fingerprint density at radius 1 is 1.14 bits per heavy atom. The molecule has 1 aromatic rings. The number of hydrogen-bond acceptors (Lipinski definition) is 5. The molecule has 0 aliphatic carbocycles. The van der Waals surface area contributed by atoms with E-state index in [2.05, 4.69) is 17.6 Å². The summed E-state index contributed by atoms with van der Waals surface area (Å²) in [6.45, 7) is 14.9. The molecule has 0 saturated heterocycles. The number of carbonyl (C=O) groups excluding carboxylic acids is 3. The van der Waals surface area contributed by atoms with Crippen LogP contribution in [0.4, 0.5) is 4.79 Å². The Morgan fingerprint density at radius 3 is 2.31 bits per heavy atom. The fraction of sp³-hybridized carbons (Fsp3) is 0.630. The number of unbranched alkanes of at least 4 members (excludes halogenated alkanes) is 2. The van der Waals surface area contributed by atoms with Crippen molar-refractivity contribution < 1.29 is 19.1 Å². The first kappa shape index (κ1) is 30.0. The van der Waals surface area contributed by atoms with Crippen molar-refractivity contribution in [1.29, 1.82) is 5.26 Å². The van der Waals surface area contributed by atoms with Gasteiger partial charge in [0.1, 0.15) is 24.2 Å². The van der Waals surface area contributed by atoms with Gasteiger partial charge in [-0.05, 0) is 58.1 Å². The van der Waals surface area contributed by atoms with Crippen LogP contribution in [0.3, 0.4) is 0 Å². The molecule has 2 atom stereocenters. The molecule has 8 heteroatoms. The molecule has 0 radical (unpaired) electrons. The Morgan fingerprint density at radius 2 is 1.80 bits per heavy atom. The zero-order valence-electron chi connectivity index (χ0n) is 22.5. The average Bonchev–Trinajstić information content (AvgIpc) is 2.74. The number of nitrogens with one attached hydrogen (secondary N) is 2. The van der Waals surface area contributed by atoms with Gasteiger partial charge in [0.15, 0.2) is 0 Å². The molecule has 0 spiro atoms. The lowest BCUT2D eigenvalue weighted by Gasteiger charge is -2.34. The van der Waals surface area contributed by atoms with Crippen LogP contribution < -0.4 is 10.6 Å². The van der Waals surface area contributed by atoms with Crippen molar-refractivity contribution in [2.24, 2.45) is 5.92 Å². The van der Waals surface area contributed by atoms with E-state index in [-0.39, 0.29) is 18.4 Å². The average molecular weight is 487 g/mol. The number of ether oxygens (including phenoxy) is 1. The number of benzene rings is 1. The van der Waals surface area contributed by atoms with Crippen LogP contribution in [0, 0.1) is 31.1 Å². The summed E-state index contributed by atoms with van der Waals surface area (Å²) in [6, 6.07) is 5.70. The number of alkyl carbamates (subject to hydrolysis) is 1. The Labute approximate surface area is 210 Å². The molecule has 0 aliphatic heterocycles. The fourth-order valence-corrected chi connectivity index (χ4v) is 3.77. The van der Waals surface area contributed by atoms with Gasteiger partial charge >= 0.3 is 6.09 Å². The first-order valence-corrected chi connectivity index (χ1v) is 12.3. The fourth-order valence-electron chi connectivity index (χ4n) is 3.77. The van der Waals surface area contributed by atoms with E-state index < -0.39 is 29.7 Å². The Balaban J connectivity index is 3.41. The number of rotatable bonds is 11. The molecule has 2 unspecified atom stereocenters. The van der Waals surface area contributed by atoms with Crippen molar-refractivity contribution in [3.63, 3.8) is 0 Å². The van der Waals surface area contributed by atoms with Crippen LogP contribution in [0.15, 0.2) is 18.2 Å². The second-order valence-corrected chi connectivity index (χ2v) is 10.3. The second-order valence-electron chi connectivity index (χ2n) is 10.3. The predicted octanol–water partition coefficient (Wildman–Crippen LogP) is 4.55. The van der Waals surface area contributed by atoms with Gasteiger partial charge in [-0.25, -0.2) is 4.79 Å². The zero-order valence-corrected chi connectivity index (χ0v) is 22.5. The van der Waals surface area contributed by atoms with E-state index in [9.17, 15) is 19.6 Å². The Bertz CT molecular complexity index is 915. The van der Waals surface area contributed by atoms with E-state index >= 15 is 0 Å². The van der Waals surface area contributed by atoms with E-state index in [1.807, 2.05) is 38.1 Å². The lowest BCUT2D eigenvalue weighted by atomic mass is 9.95. The minimum Gasteiger partial charge on any atom is -0.444 e. The maximum Gasteiger partial charge on any atom is 0.408 e. The molecule has 3 amide bonds. The first-order chi connectivity index (χ1) is 16.3. The largest absolute Gasteiger partial charge is 0.444 e. The van der Waals surface area contributed by atoms with Crippen LogP contribution in [0.2, 0.25) is 0 Å². The number of nitrogens with zero attached hydrogens (tertiary/aromatic N) is 2. The standard InChI is InChI=1S/C27H42N4O4/c1-9-10-11-15-29-24(32)23(21-13-12-19(4)17-20(21)5)31(16-14-28)25(33)22(18(2)3)30-26(34)35-27(6,7)8/h12-13,17-18,22-23H,9-11,15-16H2,1-8H3,(H,29,32)(H,30,34). The van der Waals surface area contributed by atoms with E-state index in [4.69, 9.17) is 4.74 Å². The highest BCUT2D eigenvalue weighted by molar-refractivity contribution is 5.92. The molecule has 0 bridgehead atoms. The number of nitriles is 1. The molecule has 1 aromatic carbocycles. The van der Waals surface area contributed by atoms with Crippen molar-refractivity contribution in [1.82, 2.24) is 15.5 Å². The molecule has 0 fully saturated rings. The van der Waals surface area contributed by atoms with Gasteiger partial charge in [0.05, 0.1) is 6.07 Å². The van der Waals surface area contributed by atoms with Crippen LogP contribution in [0.5, 0.6) is 0 Å². The smallest absolute Gasteiger partial charge is 0.408 e. The molecule has 194 valence electrons. The molecule has 0 heterocycles. The number of hydrogen-bond donors (Lipinski definition) is 2. The monoisotopic (exact) mass is 486 g/mol. The highest BCUT2D eigenvalue weighted by Crippen LogP contribution is 2.27. The maximum atomic E-state index is 13.8. The van der Waals surface area contributed by atoms with Crippen molar-refractivity contribution in [3.8, 4) is 6.07 Å². The summed E-state index contributed by atoms with van der Waals surface area (Å²) in [4.78, 5) is 41.0. The minimum atomic E-state index is -1.01. The second kappa shape index (κ2) is 13.7. The van der Waals surface area contributed by atoms with Crippen molar-refractivity contribution in [3.05, 3.63) is 34.9 Å². The van der Waals surface area contributed by atoms with Gasteiger partial charge in [0.25, 0.3) is 0 Å². The van der Waals surface area contributed by atoms with E-state index in [0.717, 1.165) is 30.4 Å². The molecule has 0 aliphatic rings. The molecule has 0 saturated carbocycles. The van der Waals surface area contributed by atoms with Gasteiger partial charge in [-0.1, -0.05) is 57.4 Å². The summed E-state index contributed by atoms with van der Waals surface area (Å²) in [6.07, 6.45) is 2.09. The predicted molar refractivity (Wildman–Crippen MR) is 137 cm³/mol. The van der Waals surface area contributed by atoms with Gasteiger partial charge in [-0.15, -0.1) is 0 Å². The summed E-state index contributed by atoms with van der Waals surface area (Å²) in [7, 11) is 0. The van der Waals surface area contributed by atoms with Crippen LogP contribution >= 0.6 is 0 Å². The minimum absolute atomic E-state index is 0.302. The lowest BCUT2D eigenvalue weighted by Crippen LogP contribution is -2.55. The van der Waals surface area contributed by atoms with Gasteiger partial charge in [-0.2, -0.15) is 5.26 Å². The summed E-state index contributed by atoms with van der Waals surface area (Å²) in [5.74, 6) is -1.17. The van der Waals surface area contributed by atoms with Gasteiger partial charge < -0.3 is 20.3 Å². The Kier molecular flexibility index (Phi) is 11.7. The third-order valence-corrected chi connectivity index (χ3v) is 5.49. The van der Waals surface area contributed by atoms with Gasteiger partial charge in [0, 0.05) is 6.54 Å². The topological polar surface area (TPSA) is 112 Å². The van der Waals surface area contributed by atoms with Crippen molar-refractivity contribution in [2.45, 2.75) is 92.3 Å². The molecule has 35 heavy (non-hydrogen) atoms. The van der Waals surface area contributed by atoms with Crippen LogP contribution in [0.1, 0.15) is 83.5 Å². The third kappa shape index (κ3) is 9.59. The molecule has 8 nitrogen and oxygen atoms in total. The molecule has 0 aromatic heterocycles. The summed E-state index contributed by atoms with van der Waals surface area (Å²) >= 11 is 0. The van der Waals surface area contributed by atoms with Gasteiger partial charge in [-0.3, -0.25) is 9.59 Å². The number of aryl methyl sites for hydroxylation is 2. The normalized spacial score (nSPS) is 12.9. The SMILES string of the molecule is CCCCCNC(=O)C(c1ccc(C)cc1C)N(CC#N)C(=O)C(NC(=O)OC(C)(C)C)C(C)C. The van der Waals surface area contributed by atoms with Gasteiger partial charge in [0.2, 0.25) is 11.8 Å². The number of carbonyl (C=O) groups is 3. The van der Waals surface area contributed by atoms with E-state index in [1.165, 1.54) is 4.90 Å². The molecule has 1 rings (SSSR count). The summed E-state index contributed by atoms with van der Waals surface area (Å²) in [5, 5.41) is 15.2. The summed E-state index contributed by atoms with van der Waals surface area (Å²) < 4.78 is 5.34. The van der Waals surface area contributed by atoms with Crippen LogP contribution in [-0.4, -0.2) is 47.5 Å². The van der Waals surface area contributed by atoms with Crippen LogP contribution in [0.25, 0.3) is 0 Å². The van der Waals surface area contributed by atoms with Crippen molar-refractivity contribution >= 4 is 17.9 Å². The first-order valence-electron chi connectivity index (χ1n) is 12.3. The quantitative estimate of drug-likeness (QED) is 0.352. The van der Waals surface area contributed by atoms with Crippen LogP contribution in [-0.2, 0) is 14.3 Å². The maximum absolute atomic E-state index is 13.8. The highest BCUT2D eigenvalue weighted by atomic mass is 16.6. The van der Waals surface area contributed by atoms with Crippen molar-refractivity contribution in [2.75, 3.05) is 13.1 Å². The lowest BCUT2D eigenvalue weighted by molar-refractivity contribution is -0.142. The Hall–Kier alpha value is -3.08. The highest BCUT2D eigenvalue weighted by Gasteiger charge is 2.38. The molecule has 2 N–H and O–H groups in total. The zero-order chi connectivity index (χ0) is 26.8.